The van der Waals surface area contributed by atoms with E-state index in [-0.39, 0.29) is 81.5 Å². The average Bonchev–Trinajstić information content (AvgIpc) is 3.98. The third kappa shape index (κ3) is 7.71. The van der Waals surface area contributed by atoms with Gasteiger partial charge in [-0.3, -0.25) is 19.2 Å². The number of carbonyl (C=O) groups is 6. The zero-order valence-corrected chi connectivity index (χ0v) is 35.6. The minimum absolute atomic E-state index is 0.00877. The van der Waals surface area contributed by atoms with Gasteiger partial charge in [0.1, 0.15) is 11.5 Å². The molecule has 4 fully saturated rings. The summed E-state index contributed by atoms with van der Waals surface area (Å²) < 4.78 is 33.7. The Hall–Kier alpha value is -5.26. The van der Waals surface area contributed by atoms with E-state index in [1.54, 1.807) is 13.8 Å². The number of ether oxygens (including phenoxy) is 6. The highest BCUT2D eigenvalue weighted by Gasteiger charge is 2.74. The molecule has 316 valence electrons. The summed E-state index contributed by atoms with van der Waals surface area (Å²) in [5.74, 6) is -3.69. The molecule has 0 saturated heterocycles. The number of aryl methyl sites for hydroxylation is 6. The van der Waals surface area contributed by atoms with Crippen molar-refractivity contribution in [1.82, 2.24) is 0 Å². The van der Waals surface area contributed by atoms with Gasteiger partial charge in [0.2, 0.25) is 0 Å². The molecule has 0 radical (unpaired) electrons. The molecule has 2 aromatic rings. The molecule has 59 heavy (non-hydrogen) atoms. The summed E-state index contributed by atoms with van der Waals surface area (Å²) in [7, 11) is 0. The normalized spacial score (nSPS) is 27.1. The third-order valence-corrected chi connectivity index (χ3v) is 13.1. The Balaban J connectivity index is 1.06. The maximum atomic E-state index is 13.8. The Morgan fingerprint density at radius 2 is 0.864 bits per heavy atom. The zero-order valence-electron chi connectivity index (χ0n) is 35.6. The Bertz CT molecular complexity index is 1950. The molecule has 6 unspecified atom stereocenters. The highest BCUT2D eigenvalue weighted by molar-refractivity contribution is 6.03. The van der Waals surface area contributed by atoms with Gasteiger partial charge in [0.15, 0.2) is 10.8 Å². The second-order valence-electron chi connectivity index (χ2n) is 17.3. The predicted molar refractivity (Wildman–Crippen MR) is 215 cm³/mol. The molecule has 0 amide bonds. The topological polar surface area (TPSA) is 158 Å². The Morgan fingerprint density at radius 1 is 0.542 bits per heavy atom. The monoisotopic (exact) mass is 812 g/mol. The molecule has 2 aromatic carbocycles. The van der Waals surface area contributed by atoms with Gasteiger partial charge < -0.3 is 28.4 Å². The summed E-state index contributed by atoms with van der Waals surface area (Å²) in [6.07, 6.45) is 1.45. The smallest absolute Gasteiger partial charge is 0.339 e. The lowest BCUT2D eigenvalue weighted by Gasteiger charge is -2.29. The summed E-state index contributed by atoms with van der Waals surface area (Å²) >= 11 is 0. The molecule has 12 heteroatoms. The largest absolute Gasteiger partial charge is 0.465 e. The fourth-order valence-electron chi connectivity index (χ4n) is 10.1. The van der Waals surface area contributed by atoms with Crippen LogP contribution in [0.5, 0.6) is 11.5 Å². The lowest BCUT2D eigenvalue weighted by atomic mass is 9.79. The number of rotatable bonds is 16. The van der Waals surface area contributed by atoms with Gasteiger partial charge in [0, 0.05) is 28.4 Å². The standard InChI is InChI=1S/C47H56O12/c1-11-54-40(50)46(22-34-20-44(34,24-46)32(9)38(48)58-36-28(5)16-26(3)17-29(36)6)42(52)56-14-13-15-57-43(53)47(41(51)55-12-2)23-35-21-45(35,25-47)33(10)39(49)59-37-30(7)18-27(4)19-31(37)8/h16-19,34-35H,9-15,20-25H2,1-8H3. The Kier molecular flexibility index (Phi) is 11.8. The van der Waals surface area contributed by atoms with Crippen molar-refractivity contribution in [1.29, 1.82) is 0 Å². The van der Waals surface area contributed by atoms with Crippen molar-refractivity contribution in [3.05, 3.63) is 82.0 Å². The maximum Gasteiger partial charge on any atom is 0.339 e. The van der Waals surface area contributed by atoms with E-state index in [1.807, 2.05) is 65.8 Å². The fraction of sp³-hybridized carbons (Fsp3) is 0.532. The summed E-state index contributed by atoms with van der Waals surface area (Å²) in [5.41, 5.74) is 0.781. The summed E-state index contributed by atoms with van der Waals surface area (Å²) in [5, 5.41) is 0. The van der Waals surface area contributed by atoms with Gasteiger partial charge in [-0.1, -0.05) is 48.6 Å². The van der Waals surface area contributed by atoms with E-state index < -0.39 is 57.5 Å². The second kappa shape index (κ2) is 16.1. The van der Waals surface area contributed by atoms with E-state index in [2.05, 4.69) is 13.2 Å². The molecule has 0 N–H and O–H groups in total. The molecule has 0 heterocycles. The van der Waals surface area contributed by atoms with Crippen LogP contribution in [0.1, 0.15) is 92.2 Å². The van der Waals surface area contributed by atoms with E-state index in [1.165, 1.54) is 0 Å². The van der Waals surface area contributed by atoms with Crippen LogP contribution in [0.3, 0.4) is 0 Å². The van der Waals surface area contributed by atoms with Gasteiger partial charge in [-0.2, -0.15) is 0 Å². The highest BCUT2D eigenvalue weighted by Crippen LogP contribution is 2.74. The van der Waals surface area contributed by atoms with E-state index in [9.17, 15) is 28.8 Å². The molecule has 0 aromatic heterocycles. The number of esters is 6. The summed E-state index contributed by atoms with van der Waals surface area (Å²) in [6, 6.07) is 7.69. The first-order chi connectivity index (χ1) is 27.8. The average molecular weight is 813 g/mol. The molecular weight excluding hydrogens is 757 g/mol. The molecule has 12 nitrogen and oxygen atoms in total. The van der Waals surface area contributed by atoms with Gasteiger partial charge in [-0.25, -0.2) is 9.59 Å². The van der Waals surface area contributed by atoms with Crippen LogP contribution < -0.4 is 9.47 Å². The third-order valence-electron chi connectivity index (χ3n) is 13.1. The number of benzene rings is 2. The van der Waals surface area contributed by atoms with E-state index in [4.69, 9.17) is 28.4 Å². The first kappa shape index (κ1) is 43.3. The molecule has 0 spiro atoms. The minimum Gasteiger partial charge on any atom is -0.465 e. The second-order valence-corrected chi connectivity index (χ2v) is 17.3. The van der Waals surface area contributed by atoms with Crippen LogP contribution in [0.2, 0.25) is 0 Å². The quantitative estimate of drug-likeness (QED) is 0.0416. The van der Waals surface area contributed by atoms with Crippen LogP contribution in [0.15, 0.2) is 48.6 Å². The molecule has 0 aliphatic heterocycles. The van der Waals surface area contributed by atoms with Gasteiger partial charge in [0.05, 0.1) is 26.4 Å². The van der Waals surface area contributed by atoms with Gasteiger partial charge in [-0.05, 0) is 128 Å². The van der Waals surface area contributed by atoms with E-state index in [0.717, 1.165) is 33.4 Å². The Labute approximate surface area is 346 Å². The first-order valence-electron chi connectivity index (χ1n) is 20.5. The molecule has 6 atom stereocenters. The van der Waals surface area contributed by atoms with Crippen LogP contribution in [0, 0.1) is 75.0 Å². The number of hydrogen-bond acceptors (Lipinski definition) is 12. The van der Waals surface area contributed by atoms with Crippen molar-refractivity contribution in [2.75, 3.05) is 26.4 Å². The van der Waals surface area contributed by atoms with Gasteiger partial charge in [0.25, 0.3) is 0 Å². The molecular formula is C47H56O12. The summed E-state index contributed by atoms with van der Waals surface area (Å²) in [4.78, 5) is 81.4. The van der Waals surface area contributed by atoms with E-state index in [0.29, 0.717) is 24.3 Å². The van der Waals surface area contributed by atoms with Crippen LogP contribution in [0.4, 0.5) is 0 Å². The van der Waals surface area contributed by atoms with Crippen molar-refractivity contribution < 1.29 is 57.2 Å². The van der Waals surface area contributed by atoms with Crippen LogP contribution in [-0.2, 0) is 47.7 Å². The summed E-state index contributed by atoms with van der Waals surface area (Å²) in [6.45, 7) is 22.5. The van der Waals surface area contributed by atoms with Crippen molar-refractivity contribution in [2.24, 2.45) is 33.5 Å². The van der Waals surface area contributed by atoms with Crippen molar-refractivity contribution >= 4 is 35.8 Å². The molecule has 6 rings (SSSR count). The maximum absolute atomic E-state index is 13.8. The van der Waals surface area contributed by atoms with Crippen LogP contribution in [-0.4, -0.2) is 62.2 Å². The van der Waals surface area contributed by atoms with Crippen molar-refractivity contribution in [2.45, 2.75) is 100 Å². The van der Waals surface area contributed by atoms with Crippen LogP contribution in [0.25, 0.3) is 0 Å². The lowest BCUT2D eigenvalue weighted by Crippen LogP contribution is -2.42. The van der Waals surface area contributed by atoms with Crippen molar-refractivity contribution in [3.8, 4) is 11.5 Å². The molecule has 4 aliphatic carbocycles. The predicted octanol–water partition coefficient (Wildman–Crippen LogP) is 7.34. The first-order valence-corrected chi connectivity index (χ1v) is 20.5. The SMILES string of the molecule is C=C(C(=O)Oc1c(C)cc(C)cc1C)C12CC1CC(C(=O)OCC)(C(=O)OCCCOC(=O)C1(C(=O)OCC)CC3CC3(C(=C)C(=O)Oc3c(C)cc(C)cc3C)C1)C2. The zero-order chi connectivity index (χ0) is 43.2. The van der Waals surface area contributed by atoms with Gasteiger partial charge >= 0.3 is 35.8 Å². The fourth-order valence-corrected chi connectivity index (χ4v) is 10.1. The molecule has 4 aliphatic rings. The minimum atomic E-state index is -1.65. The van der Waals surface area contributed by atoms with Gasteiger partial charge in [-0.15, -0.1) is 0 Å². The number of carbonyl (C=O) groups excluding carboxylic acids is 6. The Morgan fingerprint density at radius 3 is 1.19 bits per heavy atom. The molecule has 0 bridgehead atoms. The molecule has 4 saturated carbocycles. The van der Waals surface area contributed by atoms with Crippen LogP contribution >= 0.6 is 0 Å². The highest BCUT2D eigenvalue weighted by atomic mass is 16.6. The van der Waals surface area contributed by atoms with Crippen molar-refractivity contribution in [3.63, 3.8) is 0 Å². The number of fused-ring (bicyclic) bond motifs is 2. The lowest BCUT2D eigenvalue weighted by molar-refractivity contribution is -0.174. The van der Waals surface area contributed by atoms with E-state index >= 15 is 0 Å². The number of hydrogen-bond donors (Lipinski definition) is 0.